The van der Waals surface area contributed by atoms with Crippen molar-refractivity contribution in [3.05, 3.63) is 33.3 Å². The molecule has 0 saturated carbocycles. The van der Waals surface area contributed by atoms with E-state index in [1.54, 1.807) is 17.0 Å². The Kier molecular flexibility index (Phi) is 3.14. The first-order valence-electron chi connectivity index (χ1n) is 4.52. The predicted octanol–water partition coefficient (Wildman–Crippen LogP) is 2.13. The van der Waals surface area contributed by atoms with Gasteiger partial charge in [-0.15, -0.1) is 0 Å². The van der Waals surface area contributed by atoms with E-state index in [9.17, 15) is 10.1 Å². The first-order valence-corrected chi connectivity index (χ1v) is 6.97. The Balaban J connectivity index is 2.47. The Labute approximate surface area is 103 Å². The number of hydrogen-bond donors (Lipinski definition) is 1. The van der Waals surface area contributed by atoms with Crippen molar-refractivity contribution >= 4 is 42.7 Å². The molecule has 1 fully saturated rings. The van der Waals surface area contributed by atoms with Crippen LogP contribution in [0.2, 0.25) is 10.3 Å². The molecule has 1 aliphatic heterocycles. The standard InChI is InChI=1S/C9H8ClN3O2Se/c10-6-1-2-7(8(5-6)13(14)15)12-3-4-16-9(12)11/h1-2,5,11H,3-4H2. The van der Waals surface area contributed by atoms with E-state index in [1.807, 2.05) is 0 Å². The van der Waals surface area contributed by atoms with Crippen LogP contribution < -0.4 is 4.90 Å². The van der Waals surface area contributed by atoms with Gasteiger partial charge in [0, 0.05) is 0 Å². The second kappa shape index (κ2) is 4.41. The molecule has 0 aliphatic carbocycles. The quantitative estimate of drug-likeness (QED) is 0.517. The summed E-state index contributed by atoms with van der Waals surface area (Å²) in [5.41, 5.74) is 0.439. The van der Waals surface area contributed by atoms with Gasteiger partial charge in [-0.2, -0.15) is 0 Å². The number of anilines is 1. The molecule has 1 aliphatic rings. The third-order valence-corrected chi connectivity index (χ3v) is 4.31. The van der Waals surface area contributed by atoms with E-state index in [4.69, 9.17) is 17.0 Å². The molecule has 1 N–H and O–H groups in total. The Bertz CT molecular complexity index is 466. The maximum absolute atomic E-state index is 10.9. The molecule has 0 bridgehead atoms. The Morgan fingerprint density at radius 2 is 2.31 bits per heavy atom. The molecular weight excluding hydrogens is 297 g/mol. The van der Waals surface area contributed by atoms with Gasteiger partial charge in [-0.25, -0.2) is 0 Å². The summed E-state index contributed by atoms with van der Waals surface area (Å²) in [5.74, 6) is 0. The van der Waals surface area contributed by atoms with Crippen LogP contribution in [0.4, 0.5) is 11.4 Å². The zero-order valence-corrected chi connectivity index (χ0v) is 10.6. The molecule has 1 saturated heterocycles. The summed E-state index contributed by atoms with van der Waals surface area (Å²) in [6.07, 6.45) is 0. The van der Waals surface area contributed by atoms with Crippen molar-refractivity contribution < 1.29 is 4.92 Å². The number of halogens is 1. The van der Waals surface area contributed by atoms with E-state index in [0.717, 1.165) is 5.32 Å². The molecule has 1 aromatic carbocycles. The number of nitrogens with zero attached hydrogens (tertiary/aromatic N) is 2. The molecule has 0 amide bonds. The zero-order chi connectivity index (χ0) is 11.7. The molecule has 1 aromatic rings. The van der Waals surface area contributed by atoms with Gasteiger partial charge in [0.05, 0.1) is 0 Å². The first kappa shape index (κ1) is 11.4. The Hall–Kier alpha value is -1.10. The van der Waals surface area contributed by atoms with Crippen LogP contribution in [0.15, 0.2) is 18.2 Å². The van der Waals surface area contributed by atoms with Crippen LogP contribution >= 0.6 is 11.6 Å². The topological polar surface area (TPSA) is 70.2 Å². The second-order valence-electron chi connectivity index (χ2n) is 3.20. The van der Waals surface area contributed by atoms with E-state index >= 15 is 0 Å². The summed E-state index contributed by atoms with van der Waals surface area (Å²) < 4.78 is 0.484. The predicted molar refractivity (Wildman–Crippen MR) is 63.7 cm³/mol. The minimum atomic E-state index is -0.459. The molecule has 5 nitrogen and oxygen atoms in total. The fourth-order valence-electron chi connectivity index (χ4n) is 1.51. The normalized spacial score (nSPS) is 15.6. The summed E-state index contributed by atoms with van der Waals surface area (Å²) in [5, 5.41) is 19.9. The van der Waals surface area contributed by atoms with Gasteiger partial charge in [-0.05, 0) is 0 Å². The number of nitro benzene ring substituents is 1. The number of benzene rings is 1. The van der Waals surface area contributed by atoms with Crippen molar-refractivity contribution in [3.63, 3.8) is 0 Å². The molecule has 0 atom stereocenters. The summed E-state index contributed by atoms with van der Waals surface area (Å²) in [6, 6.07) is 4.55. The summed E-state index contributed by atoms with van der Waals surface area (Å²) in [4.78, 5) is 12.1. The van der Waals surface area contributed by atoms with E-state index in [2.05, 4.69) is 0 Å². The van der Waals surface area contributed by atoms with Gasteiger partial charge >= 0.3 is 103 Å². The fourth-order valence-corrected chi connectivity index (χ4v) is 3.39. The van der Waals surface area contributed by atoms with Gasteiger partial charge in [-0.1, -0.05) is 0 Å². The number of amidine groups is 1. The second-order valence-corrected chi connectivity index (χ2v) is 5.91. The SMILES string of the molecule is N=C1[Se]CCN1c1ccc(Cl)cc1[N+](=O)[O-]. The van der Waals surface area contributed by atoms with Crippen molar-refractivity contribution in [2.75, 3.05) is 11.4 Å². The molecule has 16 heavy (non-hydrogen) atoms. The van der Waals surface area contributed by atoms with Crippen LogP contribution in [0.1, 0.15) is 0 Å². The van der Waals surface area contributed by atoms with Gasteiger partial charge in [0.2, 0.25) is 0 Å². The monoisotopic (exact) mass is 305 g/mol. The average molecular weight is 305 g/mol. The number of hydrogen-bond acceptors (Lipinski definition) is 3. The third-order valence-electron chi connectivity index (χ3n) is 2.22. The van der Waals surface area contributed by atoms with Crippen LogP contribution in [-0.2, 0) is 0 Å². The molecule has 0 unspecified atom stereocenters. The molecule has 0 radical (unpaired) electrons. The van der Waals surface area contributed by atoms with Crippen molar-refractivity contribution in [3.8, 4) is 0 Å². The summed E-state index contributed by atoms with van der Waals surface area (Å²) >= 11 is 5.86. The molecule has 7 heteroatoms. The van der Waals surface area contributed by atoms with Gasteiger partial charge in [0.1, 0.15) is 0 Å². The van der Waals surface area contributed by atoms with Crippen molar-refractivity contribution in [2.45, 2.75) is 5.32 Å². The summed E-state index contributed by atoms with van der Waals surface area (Å²) in [6.45, 7) is 0.682. The van der Waals surface area contributed by atoms with Crippen LogP contribution in [-0.4, -0.2) is 31.2 Å². The molecule has 0 aromatic heterocycles. The molecule has 2 rings (SSSR count). The molecule has 1 heterocycles. The Morgan fingerprint density at radius 3 is 2.88 bits per heavy atom. The minimum absolute atomic E-state index is 0.0325. The summed E-state index contributed by atoms with van der Waals surface area (Å²) in [7, 11) is 0. The van der Waals surface area contributed by atoms with Gasteiger partial charge in [0.15, 0.2) is 0 Å². The zero-order valence-electron chi connectivity index (χ0n) is 8.14. The fraction of sp³-hybridized carbons (Fsp3) is 0.222. The van der Waals surface area contributed by atoms with E-state index in [1.165, 1.54) is 6.07 Å². The van der Waals surface area contributed by atoms with E-state index in [-0.39, 0.29) is 20.6 Å². The van der Waals surface area contributed by atoms with Gasteiger partial charge in [-0.3, -0.25) is 0 Å². The number of nitro groups is 1. The van der Waals surface area contributed by atoms with Crippen molar-refractivity contribution in [1.82, 2.24) is 0 Å². The van der Waals surface area contributed by atoms with Crippen LogP contribution in [0, 0.1) is 15.5 Å². The van der Waals surface area contributed by atoms with Crippen molar-refractivity contribution in [2.24, 2.45) is 0 Å². The first-order chi connectivity index (χ1) is 7.59. The van der Waals surface area contributed by atoms with Crippen LogP contribution in [0.3, 0.4) is 0 Å². The maximum atomic E-state index is 10.9. The van der Waals surface area contributed by atoms with Crippen LogP contribution in [0.25, 0.3) is 0 Å². The molecule has 0 spiro atoms. The van der Waals surface area contributed by atoms with Gasteiger partial charge < -0.3 is 0 Å². The van der Waals surface area contributed by atoms with Crippen LogP contribution in [0.5, 0.6) is 0 Å². The number of nitrogens with one attached hydrogen (secondary N) is 1. The average Bonchev–Trinajstić information content (AvgIpc) is 2.64. The Morgan fingerprint density at radius 1 is 1.56 bits per heavy atom. The van der Waals surface area contributed by atoms with E-state index < -0.39 is 4.92 Å². The number of rotatable bonds is 2. The molecular formula is C9H8ClN3O2Se. The van der Waals surface area contributed by atoms with E-state index in [0.29, 0.717) is 22.0 Å². The third kappa shape index (κ3) is 2.04. The molecule has 84 valence electrons. The van der Waals surface area contributed by atoms with Gasteiger partial charge in [0.25, 0.3) is 0 Å². The van der Waals surface area contributed by atoms with Crippen molar-refractivity contribution in [1.29, 1.82) is 5.41 Å².